The van der Waals surface area contributed by atoms with E-state index in [1.807, 2.05) is 0 Å². The Hall–Kier alpha value is -1.79. The molecule has 0 radical (unpaired) electrons. The van der Waals surface area contributed by atoms with E-state index >= 15 is 0 Å². The molecule has 3 amide bonds. The highest BCUT2D eigenvalue weighted by Gasteiger charge is 2.25. The standard InChI is InChI=1S/C15H20N4O2.ClH/c16-11-6-7-19(9-11)14(20)10-2-1-3-13(8-10)18-15(21)17-12-4-5-12;/h1-3,8,11-12H,4-7,9,16H2,(H2,17,18,21);1H/t11-;/m1./s1. The number of rotatable bonds is 3. The molecule has 7 heteroatoms. The number of carbonyl (C=O) groups is 2. The number of hydrogen-bond donors (Lipinski definition) is 3. The zero-order valence-electron chi connectivity index (χ0n) is 12.2. The second kappa shape index (κ2) is 6.98. The van der Waals surface area contributed by atoms with E-state index in [4.69, 9.17) is 5.73 Å². The first kappa shape index (κ1) is 16.6. The molecule has 0 aromatic heterocycles. The van der Waals surface area contributed by atoms with Crippen molar-refractivity contribution in [2.45, 2.75) is 31.3 Å². The average molecular weight is 325 g/mol. The number of nitrogens with one attached hydrogen (secondary N) is 2. The van der Waals surface area contributed by atoms with Crippen LogP contribution in [0.5, 0.6) is 0 Å². The van der Waals surface area contributed by atoms with Gasteiger partial charge in [0.25, 0.3) is 5.91 Å². The van der Waals surface area contributed by atoms with E-state index < -0.39 is 0 Å². The summed E-state index contributed by atoms with van der Waals surface area (Å²) in [6, 6.07) is 7.18. The minimum atomic E-state index is -0.217. The van der Waals surface area contributed by atoms with Crippen molar-refractivity contribution in [3.8, 4) is 0 Å². The Morgan fingerprint density at radius 1 is 1.23 bits per heavy atom. The normalized spacial score (nSPS) is 20.2. The molecule has 1 aromatic rings. The van der Waals surface area contributed by atoms with Crippen molar-refractivity contribution in [1.29, 1.82) is 0 Å². The fourth-order valence-electron chi connectivity index (χ4n) is 2.46. The maximum atomic E-state index is 12.4. The predicted octanol–water partition coefficient (Wildman–Crippen LogP) is 1.57. The summed E-state index contributed by atoms with van der Waals surface area (Å²) in [5.74, 6) is -0.0331. The van der Waals surface area contributed by atoms with E-state index in [9.17, 15) is 9.59 Å². The average Bonchev–Trinajstić information content (AvgIpc) is 3.16. The van der Waals surface area contributed by atoms with Crippen molar-refractivity contribution in [2.24, 2.45) is 5.73 Å². The monoisotopic (exact) mass is 324 g/mol. The minimum Gasteiger partial charge on any atom is -0.337 e. The van der Waals surface area contributed by atoms with Gasteiger partial charge >= 0.3 is 6.03 Å². The van der Waals surface area contributed by atoms with E-state index in [1.165, 1.54) is 0 Å². The summed E-state index contributed by atoms with van der Waals surface area (Å²) in [6.45, 7) is 1.29. The molecule has 0 unspecified atom stereocenters. The van der Waals surface area contributed by atoms with Gasteiger partial charge in [-0.05, 0) is 37.5 Å². The quantitative estimate of drug-likeness (QED) is 0.788. The van der Waals surface area contributed by atoms with Gasteiger partial charge in [0, 0.05) is 36.4 Å². The third-order valence-electron chi connectivity index (χ3n) is 3.79. The smallest absolute Gasteiger partial charge is 0.319 e. The summed E-state index contributed by atoms with van der Waals surface area (Å²) in [5.41, 5.74) is 7.03. The topological polar surface area (TPSA) is 87.5 Å². The Morgan fingerprint density at radius 3 is 2.64 bits per heavy atom. The maximum absolute atomic E-state index is 12.4. The van der Waals surface area contributed by atoms with E-state index in [0.29, 0.717) is 30.4 Å². The van der Waals surface area contributed by atoms with E-state index in [2.05, 4.69) is 10.6 Å². The van der Waals surface area contributed by atoms with Crippen LogP contribution >= 0.6 is 12.4 Å². The Kier molecular flexibility index (Phi) is 5.26. The van der Waals surface area contributed by atoms with Crippen LogP contribution in [0.25, 0.3) is 0 Å². The Bertz CT molecular complexity index is 562. The molecule has 2 fully saturated rings. The van der Waals surface area contributed by atoms with Crippen molar-refractivity contribution >= 4 is 30.0 Å². The highest BCUT2D eigenvalue weighted by Crippen LogP contribution is 2.19. The molecule has 1 aromatic carbocycles. The maximum Gasteiger partial charge on any atom is 0.319 e. The highest BCUT2D eigenvalue weighted by atomic mass is 35.5. The molecule has 1 atom stereocenters. The number of nitrogens with zero attached hydrogens (tertiary/aromatic N) is 1. The summed E-state index contributed by atoms with van der Waals surface area (Å²) >= 11 is 0. The molecule has 1 aliphatic carbocycles. The van der Waals surface area contributed by atoms with Gasteiger partial charge in [-0.3, -0.25) is 4.79 Å². The first-order valence-electron chi connectivity index (χ1n) is 7.34. The number of nitrogens with two attached hydrogens (primary N) is 1. The van der Waals surface area contributed by atoms with Crippen molar-refractivity contribution in [1.82, 2.24) is 10.2 Å². The molecule has 1 saturated heterocycles. The van der Waals surface area contributed by atoms with Crippen molar-refractivity contribution in [3.05, 3.63) is 29.8 Å². The van der Waals surface area contributed by atoms with Crippen molar-refractivity contribution < 1.29 is 9.59 Å². The third-order valence-corrected chi connectivity index (χ3v) is 3.79. The molecule has 2 aliphatic rings. The lowest BCUT2D eigenvalue weighted by molar-refractivity contribution is 0.0791. The molecule has 1 saturated carbocycles. The van der Waals surface area contributed by atoms with Crippen LogP contribution < -0.4 is 16.4 Å². The number of carbonyl (C=O) groups excluding carboxylic acids is 2. The number of anilines is 1. The minimum absolute atomic E-state index is 0. The van der Waals surface area contributed by atoms with Crippen LogP contribution in [-0.2, 0) is 0 Å². The zero-order chi connectivity index (χ0) is 14.8. The van der Waals surface area contributed by atoms with E-state index in [1.54, 1.807) is 29.2 Å². The SMILES string of the molecule is Cl.N[C@@H]1CCN(C(=O)c2cccc(NC(=O)NC3CC3)c2)C1. The molecule has 120 valence electrons. The van der Waals surface area contributed by atoms with Crippen LogP contribution in [0.15, 0.2) is 24.3 Å². The second-order valence-electron chi connectivity index (χ2n) is 5.75. The van der Waals surface area contributed by atoms with Gasteiger partial charge in [0.1, 0.15) is 0 Å². The number of benzene rings is 1. The molecule has 6 nitrogen and oxygen atoms in total. The summed E-state index contributed by atoms with van der Waals surface area (Å²) in [7, 11) is 0. The second-order valence-corrected chi connectivity index (χ2v) is 5.75. The van der Waals surface area contributed by atoms with Crippen LogP contribution in [0.1, 0.15) is 29.6 Å². The zero-order valence-corrected chi connectivity index (χ0v) is 13.1. The molecule has 22 heavy (non-hydrogen) atoms. The number of amides is 3. The molecular formula is C15H21ClN4O2. The fraction of sp³-hybridized carbons (Fsp3) is 0.467. The largest absolute Gasteiger partial charge is 0.337 e. The summed E-state index contributed by atoms with van der Waals surface area (Å²) in [5, 5.41) is 5.61. The van der Waals surface area contributed by atoms with Crippen LogP contribution in [0.4, 0.5) is 10.5 Å². The predicted molar refractivity (Wildman–Crippen MR) is 87.4 cm³/mol. The summed E-state index contributed by atoms with van der Waals surface area (Å²) in [4.78, 5) is 25.8. The molecule has 0 spiro atoms. The van der Waals surface area contributed by atoms with Crippen LogP contribution in [0, 0.1) is 0 Å². The lowest BCUT2D eigenvalue weighted by Crippen LogP contribution is -2.32. The van der Waals surface area contributed by atoms with Gasteiger partial charge in [0.15, 0.2) is 0 Å². The molecular weight excluding hydrogens is 304 g/mol. The Labute approximate surface area is 135 Å². The number of hydrogen-bond acceptors (Lipinski definition) is 3. The van der Waals surface area contributed by atoms with Crippen LogP contribution in [0.2, 0.25) is 0 Å². The summed E-state index contributed by atoms with van der Waals surface area (Å²) in [6.07, 6.45) is 2.93. The Balaban J connectivity index is 0.00000176. The van der Waals surface area contributed by atoms with Crippen LogP contribution in [-0.4, -0.2) is 42.0 Å². The summed E-state index contributed by atoms with van der Waals surface area (Å²) < 4.78 is 0. The van der Waals surface area contributed by atoms with E-state index in [-0.39, 0.29) is 30.4 Å². The number of urea groups is 1. The molecule has 4 N–H and O–H groups in total. The van der Waals surface area contributed by atoms with Crippen LogP contribution in [0.3, 0.4) is 0 Å². The van der Waals surface area contributed by atoms with Gasteiger partial charge in [0.05, 0.1) is 0 Å². The van der Waals surface area contributed by atoms with Gasteiger partial charge in [-0.1, -0.05) is 6.07 Å². The first-order valence-corrected chi connectivity index (χ1v) is 7.34. The van der Waals surface area contributed by atoms with Gasteiger partial charge in [-0.15, -0.1) is 12.4 Å². The lowest BCUT2D eigenvalue weighted by atomic mass is 10.2. The molecule has 3 rings (SSSR count). The van der Waals surface area contributed by atoms with Gasteiger partial charge in [-0.2, -0.15) is 0 Å². The molecule has 0 bridgehead atoms. The van der Waals surface area contributed by atoms with Gasteiger partial charge in [-0.25, -0.2) is 4.79 Å². The number of halogens is 1. The van der Waals surface area contributed by atoms with Crippen molar-refractivity contribution in [3.63, 3.8) is 0 Å². The van der Waals surface area contributed by atoms with Gasteiger partial charge in [0.2, 0.25) is 0 Å². The van der Waals surface area contributed by atoms with E-state index in [0.717, 1.165) is 19.3 Å². The fourth-order valence-corrected chi connectivity index (χ4v) is 2.46. The molecule has 1 aliphatic heterocycles. The number of likely N-dealkylation sites (tertiary alicyclic amines) is 1. The highest BCUT2D eigenvalue weighted by molar-refractivity contribution is 5.97. The first-order chi connectivity index (χ1) is 10.1. The Morgan fingerprint density at radius 2 is 2.00 bits per heavy atom. The van der Waals surface area contributed by atoms with Gasteiger partial charge < -0.3 is 21.3 Å². The lowest BCUT2D eigenvalue weighted by Gasteiger charge is -2.16. The van der Waals surface area contributed by atoms with Crippen molar-refractivity contribution in [2.75, 3.05) is 18.4 Å². The third kappa shape index (κ3) is 4.11. The molecule has 1 heterocycles.